The Morgan fingerprint density at radius 2 is 1.86 bits per heavy atom. The van der Waals surface area contributed by atoms with Gasteiger partial charge in [0.15, 0.2) is 5.58 Å². The summed E-state index contributed by atoms with van der Waals surface area (Å²) >= 11 is 5.89. The molecule has 1 saturated heterocycles. The van der Waals surface area contributed by atoms with E-state index in [0.29, 0.717) is 33.9 Å². The number of carbonyl (C=O) groups excluding carboxylic acids is 2. The zero-order valence-corrected chi connectivity index (χ0v) is 20.3. The standard InChI is InChI=1S/C25H28ClN5O4/c1-34-20-11-9-18-21(29-20)22(23(35-18)25(33)28-19-10-6-16(26)14-27-19)30-24(32)15-4-7-17(8-5-15)31-12-2-3-13-31/h6,9-11,14-15,17H,2-5,7-8,12-13H2,1H3,(H,30,32)(H,27,28,33)/t15-,17-. The first-order chi connectivity index (χ1) is 17.0. The molecule has 4 heterocycles. The number of rotatable bonds is 6. The molecule has 1 saturated carbocycles. The zero-order chi connectivity index (χ0) is 24.4. The third-order valence-corrected chi connectivity index (χ3v) is 7.09. The lowest BCUT2D eigenvalue weighted by molar-refractivity contribution is -0.121. The van der Waals surface area contributed by atoms with E-state index in [2.05, 4.69) is 25.5 Å². The van der Waals surface area contributed by atoms with Crippen LogP contribution in [0.15, 0.2) is 34.9 Å². The number of fused-ring (bicyclic) bond motifs is 1. The van der Waals surface area contributed by atoms with E-state index in [1.54, 1.807) is 24.3 Å². The van der Waals surface area contributed by atoms with Gasteiger partial charge in [0, 0.05) is 24.2 Å². The molecule has 35 heavy (non-hydrogen) atoms. The fourth-order valence-electron chi connectivity index (χ4n) is 5.01. The van der Waals surface area contributed by atoms with Crippen LogP contribution in [0.4, 0.5) is 11.5 Å². The van der Waals surface area contributed by atoms with Crippen molar-refractivity contribution < 1.29 is 18.7 Å². The Labute approximate surface area is 208 Å². The maximum absolute atomic E-state index is 13.3. The molecule has 1 aliphatic heterocycles. The van der Waals surface area contributed by atoms with Crippen molar-refractivity contribution in [2.75, 3.05) is 30.8 Å². The largest absolute Gasteiger partial charge is 0.481 e. The van der Waals surface area contributed by atoms with Crippen LogP contribution in [-0.2, 0) is 4.79 Å². The molecule has 5 rings (SSSR count). The zero-order valence-electron chi connectivity index (χ0n) is 19.6. The van der Waals surface area contributed by atoms with Crippen molar-refractivity contribution in [2.24, 2.45) is 5.92 Å². The second kappa shape index (κ2) is 10.2. The van der Waals surface area contributed by atoms with Gasteiger partial charge in [-0.05, 0) is 69.8 Å². The van der Waals surface area contributed by atoms with E-state index < -0.39 is 5.91 Å². The number of aromatic nitrogens is 2. The van der Waals surface area contributed by atoms with Gasteiger partial charge in [0.05, 0.1) is 12.1 Å². The Hall–Kier alpha value is -3.17. The maximum atomic E-state index is 13.3. The number of hydrogen-bond acceptors (Lipinski definition) is 7. The van der Waals surface area contributed by atoms with Crippen molar-refractivity contribution in [3.05, 3.63) is 41.2 Å². The normalized spacial score (nSPS) is 20.6. The van der Waals surface area contributed by atoms with E-state index >= 15 is 0 Å². The van der Waals surface area contributed by atoms with Crippen molar-refractivity contribution in [1.82, 2.24) is 14.9 Å². The number of carbonyl (C=O) groups is 2. The first-order valence-electron chi connectivity index (χ1n) is 12.0. The van der Waals surface area contributed by atoms with Crippen molar-refractivity contribution in [1.29, 1.82) is 0 Å². The van der Waals surface area contributed by atoms with Gasteiger partial charge in [-0.2, -0.15) is 0 Å². The lowest BCUT2D eigenvalue weighted by Crippen LogP contribution is -2.38. The van der Waals surface area contributed by atoms with E-state index in [1.807, 2.05) is 0 Å². The molecule has 0 unspecified atom stereocenters. The number of ether oxygens (including phenoxy) is 1. The Bertz CT molecular complexity index is 1210. The Kier molecular flexibility index (Phi) is 6.88. The number of amides is 2. The van der Waals surface area contributed by atoms with E-state index in [9.17, 15) is 9.59 Å². The van der Waals surface area contributed by atoms with Gasteiger partial charge in [0.25, 0.3) is 5.91 Å². The van der Waals surface area contributed by atoms with Crippen molar-refractivity contribution in [3.8, 4) is 5.88 Å². The summed E-state index contributed by atoms with van der Waals surface area (Å²) in [5, 5.41) is 6.09. The van der Waals surface area contributed by atoms with Crippen LogP contribution in [0.2, 0.25) is 5.02 Å². The number of methoxy groups -OCH3 is 1. The molecule has 9 nitrogen and oxygen atoms in total. The lowest BCUT2D eigenvalue weighted by Gasteiger charge is -2.33. The van der Waals surface area contributed by atoms with Crippen LogP contribution in [0.3, 0.4) is 0 Å². The van der Waals surface area contributed by atoms with Crippen molar-refractivity contribution >= 4 is 46.0 Å². The summed E-state index contributed by atoms with van der Waals surface area (Å²) in [4.78, 5) is 37.5. The second-order valence-electron chi connectivity index (χ2n) is 9.06. The number of hydrogen-bond donors (Lipinski definition) is 2. The molecule has 0 spiro atoms. The molecule has 1 aliphatic carbocycles. The highest BCUT2D eigenvalue weighted by molar-refractivity contribution is 6.30. The molecule has 2 N–H and O–H groups in total. The van der Waals surface area contributed by atoms with Gasteiger partial charge in [-0.25, -0.2) is 9.97 Å². The van der Waals surface area contributed by atoms with Crippen LogP contribution in [0, 0.1) is 5.92 Å². The van der Waals surface area contributed by atoms with E-state index in [1.165, 1.54) is 26.1 Å². The molecule has 0 bridgehead atoms. The third kappa shape index (κ3) is 5.11. The van der Waals surface area contributed by atoms with Gasteiger partial charge in [0.2, 0.25) is 17.5 Å². The molecule has 3 aromatic heterocycles. The Balaban J connectivity index is 1.36. The van der Waals surface area contributed by atoms with Gasteiger partial charge in [-0.3, -0.25) is 9.59 Å². The Morgan fingerprint density at radius 1 is 1.09 bits per heavy atom. The minimum atomic E-state index is -0.551. The molecular weight excluding hydrogens is 470 g/mol. The topological polar surface area (TPSA) is 110 Å². The number of halogens is 1. The van der Waals surface area contributed by atoms with E-state index in [-0.39, 0.29) is 23.3 Å². The summed E-state index contributed by atoms with van der Waals surface area (Å²) < 4.78 is 11.1. The van der Waals surface area contributed by atoms with Crippen LogP contribution in [0.25, 0.3) is 11.1 Å². The van der Waals surface area contributed by atoms with Crippen LogP contribution >= 0.6 is 11.6 Å². The third-order valence-electron chi connectivity index (χ3n) is 6.87. The number of anilines is 2. The molecule has 3 aromatic rings. The van der Waals surface area contributed by atoms with E-state index in [4.69, 9.17) is 20.8 Å². The highest BCUT2D eigenvalue weighted by Crippen LogP contribution is 2.34. The molecule has 2 aliphatic rings. The molecular formula is C25H28ClN5O4. The predicted molar refractivity (Wildman–Crippen MR) is 133 cm³/mol. The van der Waals surface area contributed by atoms with Crippen LogP contribution < -0.4 is 15.4 Å². The number of pyridine rings is 2. The molecule has 0 atom stereocenters. The molecule has 0 aromatic carbocycles. The minimum absolute atomic E-state index is 0.0448. The summed E-state index contributed by atoms with van der Waals surface area (Å²) in [7, 11) is 1.51. The quantitative estimate of drug-likeness (QED) is 0.506. The molecule has 10 heteroatoms. The van der Waals surface area contributed by atoms with Crippen molar-refractivity contribution in [3.63, 3.8) is 0 Å². The first kappa shape index (κ1) is 23.6. The average Bonchev–Trinajstić information content (AvgIpc) is 3.54. The second-order valence-corrected chi connectivity index (χ2v) is 9.50. The van der Waals surface area contributed by atoms with Gasteiger partial charge in [-0.15, -0.1) is 0 Å². The fourth-order valence-corrected chi connectivity index (χ4v) is 5.12. The SMILES string of the molecule is COc1ccc2oc(C(=O)Nc3ccc(Cl)cn3)c(NC(=O)[C@H]3CC[C@H](N4CCCC4)CC3)c2n1. The summed E-state index contributed by atoms with van der Waals surface area (Å²) in [5.74, 6) is -0.190. The predicted octanol–water partition coefficient (Wildman–Crippen LogP) is 4.73. The highest BCUT2D eigenvalue weighted by Gasteiger charge is 2.32. The van der Waals surface area contributed by atoms with Gasteiger partial charge >= 0.3 is 0 Å². The Morgan fingerprint density at radius 3 is 2.54 bits per heavy atom. The van der Waals surface area contributed by atoms with Crippen molar-refractivity contribution in [2.45, 2.75) is 44.6 Å². The van der Waals surface area contributed by atoms with Crippen LogP contribution in [0.1, 0.15) is 49.1 Å². The smallest absolute Gasteiger partial charge is 0.294 e. The summed E-state index contributed by atoms with van der Waals surface area (Å²) in [5.41, 5.74) is 0.961. The molecule has 184 valence electrons. The number of furan rings is 1. The molecule has 2 amide bonds. The first-order valence-corrected chi connectivity index (χ1v) is 12.3. The highest BCUT2D eigenvalue weighted by atomic mass is 35.5. The lowest BCUT2D eigenvalue weighted by atomic mass is 9.85. The number of nitrogens with one attached hydrogen (secondary N) is 2. The van der Waals surface area contributed by atoms with E-state index in [0.717, 1.165) is 38.8 Å². The minimum Gasteiger partial charge on any atom is -0.481 e. The monoisotopic (exact) mass is 497 g/mol. The fraction of sp³-hybridized carbons (Fsp3) is 0.440. The summed E-state index contributed by atoms with van der Waals surface area (Å²) in [6.07, 6.45) is 7.61. The van der Waals surface area contributed by atoms with Crippen LogP contribution in [0.5, 0.6) is 5.88 Å². The van der Waals surface area contributed by atoms with Gasteiger partial charge in [-0.1, -0.05) is 11.6 Å². The molecule has 0 radical (unpaired) electrons. The summed E-state index contributed by atoms with van der Waals surface area (Å²) in [6, 6.07) is 7.07. The summed E-state index contributed by atoms with van der Waals surface area (Å²) in [6.45, 7) is 2.33. The maximum Gasteiger partial charge on any atom is 0.294 e. The van der Waals surface area contributed by atoms with Crippen LogP contribution in [-0.4, -0.2) is 52.9 Å². The molecule has 2 fully saturated rings. The number of likely N-dealkylation sites (tertiary alicyclic amines) is 1. The van der Waals surface area contributed by atoms with Gasteiger partial charge < -0.3 is 24.7 Å². The average molecular weight is 498 g/mol. The number of nitrogens with zero attached hydrogens (tertiary/aromatic N) is 3. The van der Waals surface area contributed by atoms with Gasteiger partial charge in [0.1, 0.15) is 17.0 Å².